The summed E-state index contributed by atoms with van der Waals surface area (Å²) >= 11 is 0. The molecule has 94 valence electrons. The van der Waals surface area contributed by atoms with Crippen molar-refractivity contribution in [2.75, 3.05) is 26.2 Å². The number of piperazine rings is 1. The molecule has 1 heterocycles. The molecule has 1 saturated heterocycles. The maximum Gasteiger partial charge on any atom is 0.237 e. The Kier molecular flexibility index (Phi) is 4.94. The van der Waals surface area contributed by atoms with Gasteiger partial charge in [-0.25, -0.2) is 0 Å². The van der Waals surface area contributed by atoms with Crippen LogP contribution in [0.1, 0.15) is 6.92 Å². The summed E-state index contributed by atoms with van der Waals surface area (Å²) in [5.41, 5.74) is 5.31. The van der Waals surface area contributed by atoms with Crippen LogP contribution in [0.5, 0.6) is 0 Å². The number of amides is 2. The lowest BCUT2D eigenvalue weighted by Gasteiger charge is -2.37. The Morgan fingerprint density at radius 2 is 2.41 bits per heavy atom. The first kappa shape index (κ1) is 13.5. The highest BCUT2D eigenvalue weighted by Crippen LogP contribution is 2.08. The van der Waals surface area contributed by atoms with Gasteiger partial charge in [0.1, 0.15) is 6.04 Å². The van der Waals surface area contributed by atoms with Crippen molar-refractivity contribution in [3.63, 3.8) is 0 Å². The number of nitrogens with two attached hydrogens (primary N) is 1. The van der Waals surface area contributed by atoms with Gasteiger partial charge >= 0.3 is 0 Å². The van der Waals surface area contributed by atoms with Gasteiger partial charge in [-0.05, 0) is 6.92 Å². The number of hydrogen-bond donors (Lipinski definition) is 3. The summed E-state index contributed by atoms with van der Waals surface area (Å²) in [7, 11) is 0. The van der Waals surface area contributed by atoms with Gasteiger partial charge < -0.3 is 16.4 Å². The van der Waals surface area contributed by atoms with Gasteiger partial charge in [0.15, 0.2) is 0 Å². The fraction of sp³-hybridized carbons (Fsp3) is 0.636. The highest BCUT2D eigenvalue weighted by molar-refractivity contribution is 5.84. The third-order valence-electron chi connectivity index (χ3n) is 2.85. The van der Waals surface area contributed by atoms with Crippen LogP contribution in [0.3, 0.4) is 0 Å². The lowest BCUT2D eigenvalue weighted by Crippen LogP contribution is -2.62. The monoisotopic (exact) mass is 238 g/mol. The Labute approximate surface area is 101 Å². The number of nitrogens with one attached hydrogen (secondary N) is 2. The molecule has 2 amide bonds. The second-order valence-corrected chi connectivity index (χ2v) is 3.96. The highest BCUT2D eigenvalue weighted by Gasteiger charge is 2.33. The van der Waals surface area contributed by atoms with Crippen LogP contribution in [-0.4, -0.2) is 55.0 Å². The Balaban J connectivity index is 2.64. The highest BCUT2D eigenvalue weighted by atomic mass is 16.2. The first-order valence-corrected chi connectivity index (χ1v) is 5.55. The minimum Gasteiger partial charge on any atom is -0.368 e. The molecular formula is C11H18N4O2. The topological polar surface area (TPSA) is 87.5 Å². The molecule has 4 N–H and O–H groups in total. The predicted molar refractivity (Wildman–Crippen MR) is 63.9 cm³/mol. The van der Waals surface area contributed by atoms with E-state index in [2.05, 4.69) is 16.6 Å². The van der Waals surface area contributed by atoms with Crippen molar-refractivity contribution in [2.45, 2.75) is 19.0 Å². The summed E-state index contributed by atoms with van der Waals surface area (Å²) in [5, 5.41) is 5.68. The fourth-order valence-electron chi connectivity index (χ4n) is 1.88. The molecule has 1 aliphatic heterocycles. The molecule has 0 aliphatic carbocycles. The van der Waals surface area contributed by atoms with E-state index in [1.807, 2.05) is 0 Å². The molecule has 1 fully saturated rings. The molecule has 1 aliphatic rings. The van der Waals surface area contributed by atoms with Crippen molar-refractivity contribution in [2.24, 2.45) is 5.73 Å². The summed E-state index contributed by atoms with van der Waals surface area (Å²) in [6, 6.07) is -0.863. The van der Waals surface area contributed by atoms with Gasteiger partial charge in [0.2, 0.25) is 11.8 Å². The second-order valence-electron chi connectivity index (χ2n) is 3.96. The zero-order valence-corrected chi connectivity index (χ0v) is 9.90. The van der Waals surface area contributed by atoms with Crippen molar-refractivity contribution in [3.8, 4) is 12.3 Å². The zero-order valence-electron chi connectivity index (χ0n) is 9.90. The van der Waals surface area contributed by atoms with Crippen LogP contribution in [0.2, 0.25) is 0 Å². The molecule has 0 aromatic heterocycles. The molecule has 0 radical (unpaired) electrons. The van der Waals surface area contributed by atoms with E-state index in [-0.39, 0.29) is 12.5 Å². The molecule has 0 spiro atoms. The number of carbonyl (C=O) groups excluding carboxylic acids is 2. The van der Waals surface area contributed by atoms with Gasteiger partial charge in [0.05, 0.1) is 12.6 Å². The molecule has 0 aromatic rings. The van der Waals surface area contributed by atoms with E-state index in [1.54, 1.807) is 11.8 Å². The van der Waals surface area contributed by atoms with E-state index < -0.39 is 18.0 Å². The van der Waals surface area contributed by atoms with Gasteiger partial charge in [-0.1, -0.05) is 5.92 Å². The number of terminal acetylenes is 1. The van der Waals surface area contributed by atoms with Crippen LogP contribution < -0.4 is 16.4 Å². The molecule has 1 rings (SSSR count). The molecule has 0 saturated carbocycles. The van der Waals surface area contributed by atoms with Crippen LogP contribution in [0, 0.1) is 12.3 Å². The molecule has 0 aromatic carbocycles. The van der Waals surface area contributed by atoms with Crippen LogP contribution in [-0.2, 0) is 9.59 Å². The Morgan fingerprint density at radius 3 is 3.00 bits per heavy atom. The summed E-state index contributed by atoms with van der Waals surface area (Å²) in [4.78, 5) is 24.8. The molecule has 0 bridgehead atoms. The number of nitrogens with zero attached hydrogens (tertiary/aromatic N) is 1. The molecule has 2 atom stereocenters. The average molecular weight is 238 g/mol. The van der Waals surface area contributed by atoms with Gasteiger partial charge in [0, 0.05) is 19.6 Å². The van der Waals surface area contributed by atoms with E-state index in [0.29, 0.717) is 13.1 Å². The summed E-state index contributed by atoms with van der Waals surface area (Å²) in [6.07, 6.45) is 5.07. The zero-order chi connectivity index (χ0) is 12.8. The van der Waals surface area contributed by atoms with Crippen LogP contribution in [0.15, 0.2) is 0 Å². The number of carbonyl (C=O) groups is 2. The third-order valence-corrected chi connectivity index (χ3v) is 2.85. The van der Waals surface area contributed by atoms with Crippen molar-refractivity contribution in [1.82, 2.24) is 15.5 Å². The normalized spacial score (nSPS) is 22.5. The molecule has 6 heteroatoms. The minimum absolute atomic E-state index is 0.184. The van der Waals surface area contributed by atoms with Crippen molar-refractivity contribution in [1.29, 1.82) is 0 Å². The van der Waals surface area contributed by atoms with Gasteiger partial charge in [-0.15, -0.1) is 6.42 Å². The smallest absolute Gasteiger partial charge is 0.237 e. The number of primary amides is 1. The first-order chi connectivity index (χ1) is 8.07. The SMILES string of the molecule is C#CCNC(=O)C(C)N1CCNCC1C(N)=O. The minimum atomic E-state index is -0.449. The fourth-order valence-corrected chi connectivity index (χ4v) is 1.88. The van der Waals surface area contributed by atoms with E-state index in [4.69, 9.17) is 12.2 Å². The summed E-state index contributed by atoms with van der Waals surface area (Å²) < 4.78 is 0. The Bertz CT molecular complexity index is 337. The lowest BCUT2D eigenvalue weighted by molar-refractivity contribution is -0.131. The maximum atomic E-state index is 11.7. The third kappa shape index (κ3) is 3.44. The van der Waals surface area contributed by atoms with E-state index in [9.17, 15) is 9.59 Å². The molecule has 6 nitrogen and oxygen atoms in total. The first-order valence-electron chi connectivity index (χ1n) is 5.55. The van der Waals surface area contributed by atoms with E-state index in [1.165, 1.54) is 0 Å². The van der Waals surface area contributed by atoms with Crippen molar-refractivity contribution >= 4 is 11.8 Å². The molecule has 17 heavy (non-hydrogen) atoms. The quantitative estimate of drug-likeness (QED) is 0.489. The van der Waals surface area contributed by atoms with Crippen molar-refractivity contribution in [3.05, 3.63) is 0 Å². The summed E-state index contributed by atoms with van der Waals surface area (Å²) in [6.45, 7) is 3.75. The number of rotatable bonds is 4. The molecule has 2 unspecified atom stereocenters. The second kappa shape index (κ2) is 6.23. The van der Waals surface area contributed by atoms with Crippen LogP contribution >= 0.6 is 0 Å². The maximum absolute atomic E-state index is 11.7. The van der Waals surface area contributed by atoms with Gasteiger partial charge in [0.25, 0.3) is 0 Å². The van der Waals surface area contributed by atoms with E-state index in [0.717, 1.165) is 6.54 Å². The number of hydrogen-bond acceptors (Lipinski definition) is 4. The average Bonchev–Trinajstić information content (AvgIpc) is 2.34. The Hall–Kier alpha value is -1.58. The molecular weight excluding hydrogens is 220 g/mol. The largest absolute Gasteiger partial charge is 0.368 e. The Morgan fingerprint density at radius 1 is 1.71 bits per heavy atom. The van der Waals surface area contributed by atoms with Gasteiger partial charge in [-0.2, -0.15) is 0 Å². The van der Waals surface area contributed by atoms with Crippen molar-refractivity contribution < 1.29 is 9.59 Å². The van der Waals surface area contributed by atoms with Crippen LogP contribution in [0.4, 0.5) is 0 Å². The van der Waals surface area contributed by atoms with Crippen LogP contribution in [0.25, 0.3) is 0 Å². The van der Waals surface area contributed by atoms with Gasteiger partial charge in [-0.3, -0.25) is 14.5 Å². The van der Waals surface area contributed by atoms with E-state index >= 15 is 0 Å². The summed E-state index contributed by atoms with van der Waals surface area (Å²) in [5.74, 6) is 1.73. The standard InChI is InChI=1S/C11H18N4O2/c1-3-4-14-11(17)8(2)15-6-5-13-7-9(15)10(12)16/h1,8-9,13H,4-7H2,2H3,(H2,12,16)(H,14,17). The lowest BCUT2D eigenvalue weighted by atomic mass is 10.1. The predicted octanol–water partition coefficient (Wildman–Crippen LogP) is -2.12.